The fourth-order valence-corrected chi connectivity index (χ4v) is 2.74. The van der Waals surface area contributed by atoms with Gasteiger partial charge < -0.3 is 5.73 Å². The highest BCUT2D eigenvalue weighted by Gasteiger charge is 2.09. The van der Waals surface area contributed by atoms with Gasteiger partial charge in [0.05, 0.1) is 17.1 Å². The number of fused-ring (bicyclic) bond motifs is 1. The van der Waals surface area contributed by atoms with E-state index < -0.39 is 0 Å². The summed E-state index contributed by atoms with van der Waals surface area (Å²) >= 11 is 0. The second kappa shape index (κ2) is 7.20. The molecule has 3 aromatic rings. The van der Waals surface area contributed by atoms with Gasteiger partial charge >= 0.3 is 0 Å². The molecular formula is C20H20N4. The van der Waals surface area contributed by atoms with Gasteiger partial charge in [-0.05, 0) is 66.8 Å². The molecule has 24 heavy (non-hydrogen) atoms. The van der Waals surface area contributed by atoms with Crippen molar-refractivity contribution in [2.45, 2.75) is 19.8 Å². The molecule has 3 rings (SSSR count). The zero-order valence-corrected chi connectivity index (χ0v) is 13.7. The summed E-state index contributed by atoms with van der Waals surface area (Å²) < 4.78 is 0. The largest absolute Gasteiger partial charge is 0.330 e. The van der Waals surface area contributed by atoms with Crippen LogP contribution in [0.25, 0.3) is 22.0 Å². The van der Waals surface area contributed by atoms with Crippen LogP contribution in [0, 0.1) is 17.2 Å². The van der Waals surface area contributed by atoms with Crippen molar-refractivity contribution in [3.05, 3.63) is 60.0 Å². The summed E-state index contributed by atoms with van der Waals surface area (Å²) in [6.07, 6.45) is 5.36. The number of nitriles is 1. The Balaban J connectivity index is 2.00. The average Bonchev–Trinajstić information content (AvgIpc) is 2.65. The fraction of sp³-hybridized carbons (Fsp3) is 0.250. The molecule has 0 amide bonds. The molecule has 0 aliphatic carbocycles. The van der Waals surface area contributed by atoms with Gasteiger partial charge in [-0.3, -0.25) is 9.97 Å². The summed E-state index contributed by atoms with van der Waals surface area (Å²) in [4.78, 5) is 8.77. The summed E-state index contributed by atoms with van der Waals surface area (Å²) in [5.74, 6) is 0.460. The molecule has 2 aromatic heterocycles. The second-order valence-corrected chi connectivity index (χ2v) is 6.12. The summed E-state index contributed by atoms with van der Waals surface area (Å²) in [7, 11) is 0. The number of nitrogens with zero attached hydrogens (tertiary/aromatic N) is 3. The molecule has 0 aliphatic rings. The zero-order chi connectivity index (χ0) is 16.9. The van der Waals surface area contributed by atoms with E-state index in [0.29, 0.717) is 18.0 Å². The molecule has 0 fully saturated rings. The van der Waals surface area contributed by atoms with E-state index in [9.17, 15) is 5.26 Å². The van der Waals surface area contributed by atoms with Crippen molar-refractivity contribution < 1.29 is 0 Å². The van der Waals surface area contributed by atoms with Crippen molar-refractivity contribution in [1.29, 1.82) is 5.26 Å². The monoisotopic (exact) mass is 316 g/mol. The molecule has 1 unspecified atom stereocenters. The van der Waals surface area contributed by atoms with E-state index in [1.54, 1.807) is 12.4 Å². The molecular weight excluding hydrogens is 296 g/mol. The Morgan fingerprint density at radius 2 is 1.92 bits per heavy atom. The molecule has 0 saturated carbocycles. The standard InChI is InChI=1S/C20H20N4/c1-14(12-21)2-4-18-10-17(13-22)19-11-16(3-5-20(19)24-18)15-6-8-23-9-7-15/h3,5-11,14H,2,4,12,21H2,1H3. The van der Waals surface area contributed by atoms with Crippen molar-refractivity contribution in [3.63, 3.8) is 0 Å². The molecule has 1 aromatic carbocycles. The van der Waals surface area contributed by atoms with Crippen LogP contribution in [0.5, 0.6) is 0 Å². The smallest absolute Gasteiger partial charge is 0.0999 e. The SMILES string of the molecule is CC(CN)CCc1cc(C#N)c2cc(-c3ccncc3)ccc2n1. The average molecular weight is 316 g/mol. The van der Waals surface area contributed by atoms with Crippen LogP contribution in [0.3, 0.4) is 0 Å². The lowest BCUT2D eigenvalue weighted by molar-refractivity contribution is 0.541. The van der Waals surface area contributed by atoms with Crippen LogP contribution in [-0.4, -0.2) is 16.5 Å². The first-order chi connectivity index (χ1) is 11.7. The Labute approximate surface area is 142 Å². The maximum atomic E-state index is 9.54. The van der Waals surface area contributed by atoms with Gasteiger partial charge in [0.1, 0.15) is 0 Å². The molecule has 0 aliphatic heterocycles. The lowest BCUT2D eigenvalue weighted by atomic mass is 9.99. The molecule has 120 valence electrons. The highest BCUT2D eigenvalue weighted by atomic mass is 14.7. The van der Waals surface area contributed by atoms with E-state index >= 15 is 0 Å². The lowest BCUT2D eigenvalue weighted by Gasteiger charge is -2.10. The van der Waals surface area contributed by atoms with Crippen LogP contribution < -0.4 is 5.73 Å². The molecule has 2 heterocycles. The van der Waals surface area contributed by atoms with Crippen molar-refractivity contribution in [2.75, 3.05) is 6.54 Å². The Morgan fingerprint density at radius 3 is 2.62 bits per heavy atom. The zero-order valence-electron chi connectivity index (χ0n) is 13.7. The van der Waals surface area contributed by atoms with Crippen molar-refractivity contribution in [3.8, 4) is 17.2 Å². The van der Waals surface area contributed by atoms with E-state index in [1.165, 1.54) is 0 Å². The number of benzene rings is 1. The maximum Gasteiger partial charge on any atom is 0.0999 e. The molecule has 2 N–H and O–H groups in total. The summed E-state index contributed by atoms with van der Waals surface area (Å²) in [5, 5.41) is 10.4. The highest BCUT2D eigenvalue weighted by molar-refractivity contribution is 5.89. The minimum Gasteiger partial charge on any atom is -0.330 e. The van der Waals surface area contributed by atoms with E-state index in [0.717, 1.165) is 40.6 Å². The third kappa shape index (κ3) is 3.42. The molecule has 0 saturated heterocycles. The molecule has 0 radical (unpaired) electrons. The number of hydrogen-bond donors (Lipinski definition) is 1. The van der Waals surface area contributed by atoms with Crippen LogP contribution in [-0.2, 0) is 6.42 Å². The number of aromatic nitrogens is 2. The molecule has 0 bridgehead atoms. The first kappa shape index (κ1) is 16.1. The number of pyridine rings is 2. The summed E-state index contributed by atoms with van der Waals surface area (Å²) in [6, 6.07) is 14.2. The Kier molecular flexibility index (Phi) is 4.83. The van der Waals surface area contributed by atoms with Gasteiger partial charge in [0.25, 0.3) is 0 Å². The van der Waals surface area contributed by atoms with Gasteiger partial charge in [-0.15, -0.1) is 0 Å². The molecule has 0 spiro atoms. The second-order valence-electron chi connectivity index (χ2n) is 6.12. The first-order valence-corrected chi connectivity index (χ1v) is 8.15. The summed E-state index contributed by atoms with van der Waals surface area (Å²) in [5.41, 5.74) is 10.3. The number of nitrogens with two attached hydrogens (primary N) is 1. The number of hydrogen-bond acceptors (Lipinski definition) is 4. The lowest BCUT2D eigenvalue weighted by Crippen LogP contribution is -2.11. The van der Waals surface area contributed by atoms with E-state index in [2.05, 4.69) is 18.0 Å². The van der Waals surface area contributed by atoms with Crippen molar-refractivity contribution in [1.82, 2.24) is 9.97 Å². The topological polar surface area (TPSA) is 75.6 Å². The predicted octanol–water partition coefficient (Wildman–Crippen LogP) is 3.70. The van der Waals surface area contributed by atoms with Gasteiger partial charge in [0.2, 0.25) is 0 Å². The highest BCUT2D eigenvalue weighted by Crippen LogP contribution is 2.26. The van der Waals surface area contributed by atoms with Crippen molar-refractivity contribution >= 4 is 10.9 Å². The van der Waals surface area contributed by atoms with Crippen LogP contribution in [0.2, 0.25) is 0 Å². The third-order valence-electron chi connectivity index (χ3n) is 4.29. The van der Waals surface area contributed by atoms with Gasteiger partial charge in [0, 0.05) is 23.5 Å². The van der Waals surface area contributed by atoms with Gasteiger partial charge in [0.15, 0.2) is 0 Å². The Hall–Kier alpha value is -2.77. The molecule has 1 atom stereocenters. The Morgan fingerprint density at radius 1 is 1.12 bits per heavy atom. The predicted molar refractivity (Wildman–Crippen MR) is 96.2 cm³/mol. The normalized spacial score (nSPS) is 12.0. The van der Waals surface area contributed by atoms with Crippen LogP contribution in [0.1, 0.15) is 24.6 Å². The van der Waals surface area contributed by atoms with Crippen LogP contribution in [0.15, 0.2) is 48.8 Å². The van der Waals surface area contributed by atoms with E-state index in [1.807, 2.05) is 36.4 Å². The Bertz CT molecular complexity index is 881. The van der Waals surface area contributed by atoms with E-state index in [-0.39, 0.29) is 0 Å². The van der Waals surface area contributed by atoms with Gasteiger partial charge in [-0.1, -0.05) is 13.0 Å². The minimum absolute atomic E-state index is 0.460. The fourth-order valence-electron chi connectivity index (χ4n) is 2.74. The van der Waals surface area contributed by atoms with Crippen LogP contribution in [0.4, 0.5) is 0 Å². The number of rotatable bonds is 5. The number of aryl methyl sites for hydroxylation is 1. The minimum atomic E-state index is 0.460. The third-order valence-corrected chi connectivity index (χ3v) is 4.29. The van der Waals surface area contributed by atoms with Gasteiger partial charge in [-0.25, -0.2) is 0 Å². The van der Waals surface area contributed by atoms with Crippen LogP contribution >= 0.6 is 0 Å². The maximum absolute atomic E-state index is 9.54. The van der Waals surface area contributed by atoms with E-state index in [4.69, 9.17) is 10.7 Å². The quantitative estimate of drug-likeness (QED) is 0.779. The first-order valence-electron chi connectivity index (χ1n) is 8.15. The summed E-state index contributed by atoms with van der Waals surface area (Å²) in [6.45, 7) is 2.81. The van der Waals surface area contributed by atoms with Gasteiger partial charge in [-0.2, -0.15) is 5.26 Å². The van der Waals surface area contributed by atoms with Crippen molar-refractivity contribution in [2.24, 2.45) is 11.7 Å². The molecule has 4 heteroatoms. The molecule has 4 nitrogen and oxygen atoms in total.